The molecule has 0 radical (unpaired) electrons. The molecule has 0 heterocycles. The van der Waals surface area contributed by atoms with E-state index in [9.17, 15) is 0 Å². The minimum absolute atomic E-state index is 1.08. The highest BCUT2D eigenvalue weighted by Crippen LogP contribution is 2.08. The van der Waals surface area contributed by atoms with Crippen molar-refractivity contribution < 1.29 is 0 Å². The van der Waals surface area contributed by atoms with Crippen molar-refractivity contribution in [1.29, 1.82) is 0 Å². The Hall–Kier alpha value is -0.860. The van der Waals surface area contributed by atoms with Crippen LogP contribution < -0.4 is 5.32 Å². The molecular weight excluding hydrogens is 232 g/mol. The lowest BCUT2D eigenvalue weighted by Crippen LogP contribution is -2.23. The van der Waals surface area contributed by atoms with Gasteiger partial charge in [-0.1, -0.05) is 45.0 Å². The van der Waals surface area contributed by atoms with E-state index in [2.05, 4.69) is 55.3 Å². The van der Waals surface area contributed by atoms with Crippen LogP contribution in [-0.2, 0) is 13.0 Å². The lowest BCUT2D eigenvalue weighted by molar-refractivity contribution is 0.280. The number of benzene rings is 1. The molecule has 0 atom stereocenters. The highest BCUT2D eigenvalue weighted by atomic mass is 15.1. The summed E-state index contributed by atoms with van der Waals surface area (Å²) in [6, 6.07) is 9.13. The van der Waals surface area contributed by atoms with Crippen molar-refractivity contribution in [3.05, 3.63) is 35.4 Å². The first-order valence-electron chi connectivity index (χ1n) is 7.81. The molecule has 1 aromatic carbocycles. The smallest absolute Gasteiger partial charge is 0.0233 e. The number of hydrogen-bond donors (Lipinski definition) is 1. The summed E-state index contributed by atoms with van der Waals surface area (Å²) in [5.74, 6) is 0. The number of hydrogen-bond acceptors (Lipinski definition) is 2. The zero-order chi connectivity index (χ0) is 13.9. The Morgan fingerprint density at radius 2 is 1.58 bits per heavy atom. The van der Waals surface area contributed by atoms with Crippen LogP contribution in [0.4, 0.5) is 0 Å². The summed E-state index contributed by atoms with van der Waals surface area (Å²) in [5.41, 5.74) is 2.87. The second-order valence-corrected chi connectivity index (χ2v) is 5.19. The molecule has 0 bridgehead atoms. The van der Waals surface area contributed by atoms with Gasteiger partial charge in [-0.15, -0.1) is 0 Å². The summed E-state index contributed by atoms with van der Waals surface area (Å²) in [6.45, 7) is 12.3. The SMILES string of the molecule is CCCNCCc1ccc(CN(CC)CCC)cc1. The molecule has 0 fully saturated rings. The molecule has 19 heavy (non-hydrogen) atoms. The third-order valence-electron chi connectivity index (χ3n) is 3.43. The fourth-order valence-corrected chi connectivity index (χ4v) is 2.27. The lowest BCUT2D eigenvalue weighted by Gasteiger charge is -2.19. The minimum Gasteiger partial charge on any atom is -0.316 e. The average molecular weight is 262 g/mol. The molecule has 0 unspecified atom stereocenters. The zero-order valence-electron chi connectivity index (χ0n) is 12.9. The molecule has 0 aliphatic rings. The van der Waals surface area contributed by atoms with Crippen molar-refractivity contribution in [2.75, 3.05) is 26.2 Å². The Morgan fingerprint density at radius 1 is 0.895 bits per heavy atom. The molecule has 1 rings (SSSR count). The largest absolute Gasteiger partial charge is 0.316 e. The molecule has 108 valence electrons. The zero-order valence-corrected chi connectivity index (χ0v) is 12.9. The second-order valence-electron chi connectivity index (χ2n) is 5.19. The van der Waals surface area contributed by atoms with E-state index in [1.54, 1.807) is 0 Å². The normalized spacial score (nSPS) is 11.2. The van der Waals surface area contributed by atoms with E-state index in [4.69, 9.17) is 0 Å². The van der Waals surface area contributed by atoms with Gasteiger partial charge in [-0.2, -0.15) is 0 Å². The monoisotopic (exact) mass is 262 g/mol. The predicted octanol–water partition coefficient (Wildman–Crippen LogP) is 3.46. The van der Waals surface area contributed by atoms with Gasteiger partial charge in [-0.3, -0.25) is 4.90 Å². The average Bonchev–Trinajstić information content (AvgIpc) is 2.45. The first-order valence-corrected chi connectivity index (χ1v) is 7.81. The summed E-state index contributed by atoms with van der Waals surface area (Å²) in [6.07, 6.45) is 3.57. The van der Waals surface area contributed by atoms with Crippen LogP contribution in [0.15, 0.2) is 24.3 Å². The molecule has 0 saturated heterocycles. The molecule has 2 nitrogen and oxygen atoms in total. The number of nitrogens with zero attached hydrogens (tertiary/aromatic N) is 1. The van der Waals surface area contributed by atoms with E-state index in [-0.39, 0.29) is 0 Å². The van der Waals surface area contributed by atoms with Gasteiger partial charge in [0.15, 0.2) is 0 Å². The van der Waals surface area contributed by atoms with Gasteiger partial charge in [0, 0.05) is 6.54 Å². The molecule has 1 aromatic rings. The molecule has 0 aliphatic heterocycles. The Kier molecular flexibility index (Phi) is 8.52. The number of rotatable bonds is 10. The van der Waals surface area contributed by atoms with E-state index in [0.717, 1.165) is 32.6 Å². The summed E-state index contributed by atoms with van der Waals surface area (Å²) in [4.78, 5) is 2.50. The van der Waals surface area contributed by atoms with E-state index < -0.39 is 0 Å². The second kappa shape index (κ2) is 9.99. The van der Waals surface area contributed by atoms with Crippen LogP contribution >= 0.6 is 0 Å². The molecule has 0 aliphatic carbocycles. The first-order chi connectivity index (χ1) is 9.30. The first kappa shape index (κ1) is 16.2. The Morgan fingerprint density at radius 3 is 2.16 bits per heavy atom. The minimum atomic E-state index is 1.08. The Balaban J connectivity index is 2.38. The van der Waals surface area contributed by atoms with E-state index in [1.807, 2.05) is 0 Å². The van der Waals surface area contributed by atoms with Gasteiger partial charge in [0.1, 0.15) is 0 Å². The lowest BCUT2D eigenvalue weighted by atomic mass is 10.1. The highest BCUT2D eigenvalue weighted by molar-refractivity contribution is 5.22. The fraction of sp³-hybridized carbons (Fsp3) is 0.647. The Bertz CT molecular complexity index is 319. The molecule has 0 aromatic heterocycles. The standard InChI is InChI=1S/C17H30N2/c1-4-12-18-13-11-16-7-9-17(10-8-16)15-19(6-3)14-5-2/h7-10,18H,4-6,11-15H2,1-3H3. The van der Waals surface area contributed by atoms with Crippen LogP contribution in [0.25, 0.3) is 0 Å². The molecule has 0 amide bonds. The molecule has 1 N–H and O–H groups in total. The maximum absolute atomic E-state index is 3.45. The molecule has 2 heteroatoms. The van der Waals surface area contributed by atoms with Crippen LogP contribution in [0.3, 0.4) is 0 Å². The van der Waals surface area contributed by atoms with E-state index in [0.29, 0.717) is 0 Å². The van der Waals surface area contributed by atoms with Gasteiger partial charge >= 0.3 is 0 Å². The van der Waals surface area contributed by atoms with Gasteiger partial charge in [-0.25, -0.2) is 0 Å². The fourth-order valence-electron chi connectivity index (χ4n) is 2.27. The van der Waals surface area contributed by atoms with E-state index in [1.165, 1.54) is 30.5 Å². The molecular formula is C17H30N2. The highest BCUT2D eigenvalue weighted by Gasteiger charge is 2.02. The quantitative estimate of drug-likeness (QED) is 0.650. The van der Waals surface area contributed by atoms with Crippen molar-refractivity contribution >= 4 is 0 Å². The van der Waals surface area contributed by atoms with Gasteiger partial charge in [-0.05, 0) is 56.6 Å². The van der Waals surface area contributed by atoms with Crippen LogP contribution in [0, 0.1) is 0 Å². The number of nitrogens with one attached hydrogen (secondary N) is 1. The van der Waals surface area contributed by atoms with Gasteiger partial charge in [0.05, 0.1) is 0 Å². The Labute approximate surface area is 119 Å². The van der Waals surface area contributed by atoms with Crippen LogP contribution in [0.5, 0.6) is 0 Å². The summed E-state index contributed by atoms with van der Waals surface area (Å²) in [7, 11) is 0. The summed E-state index contributed by atoms with van der Waals surface area (Å²) < 4.78 is 0. The van der Waals surface area contributed by atoms with Crippen LogP contribution in [0.2, 0.25) is 0 Å². The third-order valence-corrected chi connectivity index (χ3v) is 3.43. The topological polar surface area (TPSA) is 15.3 Å². The third kappa shape index (κ3) is 6.74. The van der Waals surface area contributed by atoms with Crippen molar-refractivity contribution in [1.82, 2.24) is 10.2 Å². The van der Waals surface area contributed by atoms with Gasteiger partial charge in [0.25, 0.3) is 0 Å². The van der Waals surface area contributed by atoms with Crippen LogP contribution in [-0.4, -0.2) is 31.1 Å². The summed E-state index contributed by atoms with van der Waals surface area (Å²) >= 11 is 0. The maximum Gasteiger partial charge on any atom is 0.0233 e. The van der Waals surface area contributed by atoms with Crippen molar-refractivity contribution in [3.63, 3.8) is 0 Å². The summed E-state index contributed by atoms with van der Waals surface area (Å²) in [5, 5.41) is 3.45. The van der Waals surface area contributed by atoms with Gasteiger partial charge < -0.3 is 5.32 Å². The molecule has 0 saturated carbocycles. The van der Waals surface area contributed by atoms with Crippen molar-refractivity contribution in [2.24, 2.45) is 0 Å². The van der Waals surface area contributed by atoms with Crippen LogP contribution in [0.1, 0.15) is 44.7 Å². The van der Waals surface area contributed by atoms with Crippen molar-refractivity contribution in [3.8, 4) is 0 Å². The predicted molar refractivity (Wildman–Crippen MR) is 84.5 cm³/mol. The molecule has 0 spiro atoms. The van der Waals surface area contributed by atoms with Crippen molar-refractivity contribution in [2.45, 2.75) is 46.6 Å². The van der Waals surface area contributed by atoms with E-state index >= 15 is 0 Å². The maximum atomic E-state index is 3.45. The van der Waals surface area contributed by atoms with Gasteiger partial charge in [0.2, 0.25) is 0 Å².